The zero-order valence-corrected chi connectivity index (χ0v) is 12.9. The van der Waals surface area contributed by atoms with Crippen LogP contribution < -0.4 is 5.32 Å². The fourth-order valence-corrected chi connectivity index (χ4v) is 2.53. The number of rotatable bonds is 5. The van der Waals surface area contributed by atoms with E-state index in [9.17, 15) is 14.0 Å². The first-order valence-electron chi connectivity index (χ1n) is 7.63. The summed E-state index contributed by atoms with van der Waals surface area (Å²) in [5, 5.41) is 2.81. The van der Waals surface area contributed by atoms with Gasteiger partial charge in [0.05, 0.1) is 6.54 Å². The predicted octanol–water partition coefficient (Wildman–Crippen LogP) is 2.46. The molecule has 1 aliphatic rings. The second-order valence-electron chi connectivity index (χ2n) is 5.55. The third-order valence-electron chi connectivity index (χ3n) is 3.85. The van der Waals surface area contributed by atoms with Gasteiger partial charge in [0.1, 0.15) is 18.5 Å². The molecule has 0 unspecified atom stereocenters. The molecule has 1 atom stereocenters. The third kappa shape index (κ3) is 3.71. The first-order valence-corrected chi connectivity index (χ1v) is 7.63. The fourth-order valence-electron chi connectivity index (χ4n) is 2.53. The maximum atomic E-state index is 13.0. The molecule has 24 heavy (non-hydrogen) atoms. The van der Waals surface area contributed by atoms with Crippen LogP contribution in [0, 0.1) is 5.82 Å². The van der Waals surface area contributed by atoms with Crippen LogP contribution in [0.25, 0.3) is 0 Å². The summed E-state index contributed by atoms with van der Waals surface area (Å²) >= 11 is 0. The summed E-state index contributed by atoms with van der Waals surface area (Å²) < 4.78 is 18.0. The summed E-state index contributed by atoms with van der Waals surface area (Å²) in [5.41, 5.74) is 1.71. The maximum absolute atomic E-state index is 13.0. The Morgan fingerprint density at radius 3 is 2.54 bits per heavy atom. The zero-order valence-electron chi connectivity index (χ0n) is 12.9. The molecule has 3 rings (SSSR count). The van der Waals surface area contributed by atoms with E-state index >= 15 is 0 Å². The molecule has 0 radical (unpaired) electrons. The van der Waals surface area contributed by atoms with Crippen LogP contribution in [0.4, 0.5) is 9.18 Å². The van der Waals surface area contributed by atoms with E-state index in [2.05, 4.69) is 5.32 Å². The lowest BCUT2D eigenvalue weighted by molar-refractivity contribution is -0.125. The van der Waals surface area contributed by atoms with Crippen LogP contribution in [0.1, 0.15) is 11.1 Å². The number of halogens is 1. The summed E-state index contributed by atoms with van der Waals surface area (Å²) in [5.74, 6) is -0.619. The average Bonchev–Trinajstić information content (AvgIpc) is 2.96. The molecule has 0 saturated carbocycles. The number of nitrogens with one attached hydrogen (secondary N) is 1. The Morgan fingerprint density at radius 1 is 1.12 bits per heavy atom. The monoisotopic (exact) mass is 328 g/mol. The van der Waals surface area contributed by atoms with Crippen molar-refractivity contribution >= 4 is 12.0 Å². The molecule has 1 heterocycles. The lowest BCUT2D eigenvalue weighted by Crippen LogP contribution is -2.45. The van der Waals surface area contributed by atoms with Gasteiger partial charge in [-0.3, -0.25) is 9.69 Å². The fraction of sp³-hybridized carbons (Fsp3) is 0.222. The first kappa shape index (κ1) is 16.0. The minimum Gasteiger partial charge on any atom is -0.447 e. The van der Waals surface area contributed by atoms with Crippen LogP contribution in [0.15, 0.2) is 54.6 Å². The van der Waals surface area contributed by atoms with E-state index in [1.807, 2.05) is 30.3 Å². The van der Waals surface area contributed by atoms with Gasteiger partial charge in [-0.15, -0.1) is 0 Å². The molecular formula is C18H17FN2O3. The van der Waals surface area contributed by atoms with Crippen molar-refractivity contribution in [2.45, 2.75) is 19.1 Å². The lowest BCUT2D eigenvalue weighted by atomic mass is 10.1. The van der Waals surface area contributed by atoms with Gasteiger partial charge in [0.2, 0.25) is 5.91 Å². The molecule has 2 amide bonds. The van der Waals surface area contributed by atoms with Gasteiger partial charge in [-0.05, 0) is 23.3 Å². The molecule has 2 aromatic carbocycles. The number of benzene rings is 2. The first-order chi connectivity index (χ1) is 11.6. The van der Waals surface area contributed by atoms with Gasteiger partial charge in [0, 0.05) is 6.54 Å². The van der Waals surface area contributed by atoms with E-state index in [1.165, 1.54) is 17.0 Å². The summed E-state index contributed by atoms with van der Waals surface area (Å²) in [6.07, 6.45) is -0.542. The van der Waals surface area contributed by atoms with Gasteiger partial charge < -0.3 is 10.1 Å². The van der Waals surface area contributed by atoms with Crippen LogP contribution in [0.3, 0.4) is 0 Å². The van der Waals surface area contributed by atoms with Gasteiger partial charge >= 0.3 is 6.09 Å². The molecule has 0 aromatic heterocycles. The maximum Gasteiger partial charge on any atom is 0.410 e. The Hall–Kier alpha value is -2.89. The van der Waals surface area contributed by atoms with Gasteiger partial charge in [0.15, 0.2) is 0 Å². The number of amides is 2. The minimum absolute atomic E-state index is 0.0145. The third-order valence-corrected chi connectivity index (χ3v) is 3.85. The quantitative estimate of drug-likeness (QED) is 0.917. The highest BCUT2D eigenvalue weighted by molar-refractivity contribution is 5.87. The molecule has 124 valence electrons. The van der Waals surface area contributed by atoms with Crippen molar-refractivity contribution in [3.63, 3.8) is 0 Å². The molecule has 2 aromatic rings. The van der Waals surface area contributed by atoms with E-state index < -0.39 is 12.1 Å². The van der Waals surface area contributed by atoms with E-state index in [-0.39, 0.29) is 24.9 Å². The molecule has 0 aliphatic carbocycles. The number of ether oxygens (including phenoxy) is 1. The molecule has 6 heteroatoms. The van der Waals surface area contributed by atoms with E-state index in [0.717, 1.165) is 11.1 Å². The number of nitrogens with zero attached hydrogens (tertiary/aromatic N) is 1. The van der Waals surface area contributed by atoms with E-state index in [0.29, 0.717) is 6.54 Å². The van der Waals surface area contributed by atoms with E-state index in [4.69, 9.17) is 4.74 Å². The number of hydrogen-bond acceptors (Lipinski definition) is 3. The van der Waals surface area contributed by atoms with Crippen LogP contribution in [0.5, 0.6) is 0 Å². The largest absolute Gasteiger partial charge is 0.447 e. The second kappa shape index (κ2) is 7.12. The highest BCUT2D eigenvalue weighted by Crippen LogP contribution is 2.17. The molecule has 1 N–H and O–H groups in total. The van der Waals surface area contributed by atoms with Crippen molar-refractivity contribution in [1.29, 1.82) is 0 Å². The molecule has 0 bridgehead atoms. The number of carbonyl (C=O) groups excluding carboxylic acids is 2. The molecule has 1 fully saturated rings. The van der Waals surface area contributed by atoms with Gasteiger partial charge in [-0.25, -0.2) is 9.18 Å². The Morgan fingerprint density at radius 2 is 1.83 bits per heavy atom. The van der Waals surface area contributed by atoms with E-state index in [1.54, 1.807) is 12.1 Å². The highest BCUT2D eigenvalue weighted by atomic mass is 19.1. The van der Waals surface area contributed by atoms with Crippen molar-refractivity contribution < 1.29 is 18.7 Å². The topological polar surface area (TPSA) is 58.6 Å². The van der Waals surface area contributed by atoms with Crippen LogP contribution in [-0.4, -0.2) is 29.5 Å². The second-order valence-corrected chi connectivity index (χ2v) is 5.55. The van der Waals surface area contributed by atoms with Crippen LogP contribution in [0.2, 0.25) is 0 Å². The predicted molar refractivity (Wildman–Crippen MR) is 85.4 cm³/mol. The van der Waals surface area contributed by atoms with Gasteiger partial charge in [0.25, 0.3) is 0 Å². The van der Waals surface area contributed by atoms with Crippen molar-refractivity contribution in [3.05, 3.63) is 71.5 Å². The van der Waals surface area contributed by atoms with Crippen LogP contribution >= 0.6 is 0 Å². The molecule has 0 spiro atoms. The smallest absolute Gasteiger partial charge is 0.410 e. The average molecular weight is 328 g/mol. The lowest BCUT2D eigenvalue weighted by Gasteiger charge is -2.21. The standard InChI is InChI=1S/C18H17FN2O3/c19-15-8-6-14(7-9-15)11-21-16(12-24-18(21)23)17(22)20-10-13-4-2-1-3-5-13/h1-9,16H,10-12H2,(H,20,22)/t16-/m0/s1. The van der Waals surface area contributed by atoms with Gasteiger partial charge in [-0.2, -0.15) is 0 Å². The van der Waals surface area contributed by atoms with Gasteiger partial charge in [-0.1, -0.05) is 42.5 Å². The molecule has 5 nitrogen and oxygen atoms in total. The Balaban J connectivity index is 1.63. The normalized spacial score (nSPS) is 16.8. The zero-order chi connectivity index (χ0) is 16.9. The summed E-state index contributed by atoms with van der Waals surface area (Å²) in [7, 11) is 0. The molecular weight excluding hydrogens is 311 g/mol. The molecule has 1 aliphatic heterocycles. The number of carbonyl (C=O) groups is 2. The highest BCUT2D eigenvalue weighted by Gasteiger charge is 2.37. The van der Waals surface area contributed by atoms with Crippen LogP contribution in [-0.2, 0) is 22.6 Å². The number of hydrogen-bond donors (Lipinski definition) is 1. The Bertz CT molecular complexity index is 719. The Kier molecular flexibility index (Phi) is 4.74. The SMILES string of the molecule is O=C(NCc1ccccc1)[C@@H]1COC(=O)N1Cc1ccc(F)cc1. The Labute approximate surface area is 139 Å². The minimum atomic E-state index is -0.689. The van der Waals surface area contributed by atoms with Crippen molar-refractivity contribution in [1.82, 2.24) is 10.2 Å². The number of cyclic esters (lactones) is 1. The summed E-state index contributed by atoms with van der Waals surface area (Å²) in [6.45, 7) is 0.595. The summed E-state index contributed by atoms with van der Waals surface area (Å²) in [6, 6.07) is 14.6. The van der Waals surface area contributed by atoms with Crippen molar-refractivity contribution in [2.24, 2.45) is 0 Å². The van der Waals surface area contributed by atoms with Crippen molar-refractivity contribution in [2.75, 3.05) is 6.61 Å². The molecule has 1 saturated heterocycles. The van der Waals surface area contributed by atoms with Crippen molar-refractivity contribution in [3.8, 4) is 0 Å². The summed E-state index contributed by atoms with van der Waals surface area (Å²) in [4.78, 5) is 25.6.